The van der Waals surface area contributed by atoms with E-state index < -0.39 is 6.10 Å². The first-order chi connectivity index (χ1) is 7.08. The average molecular weight is 227 g/mol. The molecule has 4 nitrogen and oxygen atoms in total. The van der Waals surface area contributed by atoms with Gasteiger partial charge in [0.15, 0.2) is 0 Å². The zero-order valence-corrected chi connectivity index (χ0v) is 8.74. The third-order valence-corrected chi connectivity index (χ3v) is 2.72. The molecule has 0 atom stereocenters. The summed E-state index contributed by atoms with van der Waals surface area (Å²) in [6.07, 6.45) is -0.391. The Hall–Kier alpha value is -1.26. The number of halogens is 1. The number of hydrogen-bond acceptors (Lipinski definition) is 3. The highest BCUT2D eigenvalue weighted by Gasteiger charge is 2.29. The van der Waals surface area contributed by atoms with Gasteiger partial charge in [-0.05, 0) is 18.2 Å². The third-order valence-electron chi connectivity index (χ3n) is 2.40. The van der Waals surface area contributed by atoms with Gasteiger partial charge in [-0.1, -0.05) is 11.6 Å². The van der Waals surface area contributed by atoms with Gasteiger partial charge in [-0.2, -0.15) is 0 Å². The van der Waals surface area contributed by atoms with Gasteiger partial charge in [0.2, 0.25) is 0 Å². The number of benzene rings is 1. The van der Waals surface area contributed by atoms with Crippen LogP contribution >= 0.6 is 11.6 Å². The maximum atomic E-state index is 11.8. The number of rotatable bonds is 1. The molecule has 80 valence electrons. The van der Waals surface area contributed by atoms with E-state index in [0.29, 0.717) is 29.4 Å². The molecule has 1 fully saturated rings. The van der Waals surface area contributed by atoms with Gasteiger partial charge in [0.1, 0.15) is 0 Å². The van der Waals surface area contributed by atoms with E-state index in [0.717, 1.165) is 0 Å². The Balaban J connectivity index is 2.16. The van der Waals surface area contributed by atoms with Crippen LogP contribution in [-0.2, 0) is 0 Å². The zero-order chi connectivity index (χ0) is 11.0. The topological polar surface area (TPSA) is 66.6 Å². The van der Waals surface area contributed by atoms with Gasteiger partial charge in [0.25, 0.3) is 5.91 Å². The molecular formula is C10H11ClN2O2. The first kappa shape index (κ1) is 10.3. The van der Waals surface area contributed by atoms with Gasteiger partial charge in [0, 0.05) is 18.7 Å². The number of aliphatic hydroxyl groups excluding tert-OH is 1. The number of hydrogen-bond donors (Lipinski definition) is 2. The fourth-order valence-electron chi connectivity index (χ4n) is 1.46. The van der Waals surface area contributed by atoms with Crippen LogP contribution in [0.4, 0.5) is 5.69 Å². The Bertz CT molecular complexity index is 402. The van der Waals surface area contributed by atoms with Crippen LogP contribution in [0.1, 0.15) is 10.4 Å². The molecule has 3 N–H and O–H groups in total. The molecule has 0 aliphatic carbocycles. The second kappa shape index (κ2) is 3.72. The van der Waals surface area contributed by atoms with Gasteiger partial charge in [-0.3, -0.25) is 4.79 Å². The fourth-order valence-corrected chi connectivity index (χ4v) is 1.64. The van der Waals surface area contributed by atoms with E-state index in [1.54, 1.807) is 23.1 Å². The predicted octanol–water partition coefficient (Wildman–Crippen LogP) is 0.739. The lowest BCUT2D eigenvalue weighted by Crippen LogP contribution is -2.53. The maximum Gasteiger partial charge on any atom is 0.254 e. The van der Waals surface area contributed by atoms with E-state index in [1.165, 1.54) is 0 Å². The van der Waals surface area contributed by atoms with Crippen molar-refractivity contribution >= 4 is 23.2 Å². The predicted molar refractivity (Wildman–Crippen MR) is 57.8 cm³/mol. The lowest BCUT2D eigenvalue weighted by atomic mass is 10.1. The van der Waals surface area contributed by atoms with Crippen molar-refractivity contribution in [3.8, 4) is 0 Å². The van der Waals surface area contributed by atoms with E-state index in [-0.39, 0.29) is 5.91 Å². The molecule has 1 heterocycles. The molecule has 2 rings (SSSR count). The normalized spacial score (nSPS) is 16.3. The van der Waals surface area contributed by atoms with Crippen molar-refractivity contribution < 1.29 is 9.90 Å². The van der Waals surface area contributed by atoms with E-state index in [4.69, 9.17) is 22.4 Å². The molecule has 0 aromatic heterocycles. The van der Waals surface area contributed by atoms with Crippen LogP contribution in [0.15, 0.2) is 18.2 Å². The zero-order valence-electron chi connectivity index (χ0n) is 7.98. The first-order valence-electron chi connectivity index (χ1n) is 4.60. The lowest BCUT2D eigenvalue weighted by molar-refractivity contribution is 0.00590. The SMILES string of the molecule is Nc1ccc(C(=O)N2CC(O)C2)cc1Cl. The number of aliphatic hydroxyl groups is 1. The van der Waals surface area contributed by atoms with Crippen LogP contribution in [-0.4, -0.2) is 35.1 Å². The number of nitrogens with two attached hydrogens (primary N) is 1. The second-order valence-corrected chi connectivity index (χ2v) is 4.01. The molecule has 1 aliphatic heterocycles. The van der Waals surface area contributed by atoms with Crippen molar-refractivity contribution in [1.29, 1.82) is 0 Å². The molecule has 15 heavy (non-hydrogen) atoms. The van der Waals surface area contributed by atoms with Gasteiger partial charge < -0.3 is 15.7 Å². The monoisotopic (exact) mass is 226 g/mol. The molecule has 0 spiro atoms. The minimum absolute atomic E-state index is 0.123. The number of nitrogens with zero attached hydrogens (tertiary/aromatic N) is 1. The van der Waals surface area contributed by atoms with E-state index in [9.17, 15) is 4.79 Å². The Kier molecular flexibility index (Phi) is 2.54. The Morgan fingerprint density at radius 2 is 2.20 bits per heavy atom. The molecule has 0 saturated carbocycles. The number of β-amino-alcohol motifs (C(OH)–C–C–N with tert-alkyl or cyclic N) is 1. The largest absolute Gasteiger partial charge is 0.398 e. The fraction of sp³-hybridized carbons (Fsp3) is 0.300. The standard InChI is InChI=1S/C10H11ClN2O2/c11-8-3-6(1-2-9(8)12)10(15)13-4-7(14)5-13/h1-3,7,14H,4-5,12H2. The quantitative estimate of drug-likeness (QED) is 0.694. The minimum atomic E-state index is -0.391. The van der Waals surface area contributed by atoms with Crippen LogP contribution < -0.4 is 5.73 Å². The van der Waals surface area contributed by atoms with Gasteiger partial charge in [-0.25, -0.2) is 0 Å². The second-order valence-electron chi connectivity index (χ2n) is 3.60. The van der Waals surface area contributed by atoms with Gasteiger partial charge >= 0.3 is 0 Å². The summed E-state index contributed by atoms with van der Waals surface area (Å²) in [5.74, 6) is -0.123. The van der Waals surface area contributed by atoms with Crippen molar-refractivity contribution in [3.63, 3.8) is 0 Å². The molecular weight excluding hydrogens is 216 g/mol. The minimum Gasteiger partial charge on any atom is -0.398 e. The summed E-state index contributed by atoms with van der Waals surface area (Å²) >= 11 is 5.81. The van der Waals surface area contributed by atoms with E-state index >= 15 is 0 Å². The van der Waals surface area contributed by atoms with Crippen molar-refractivity contribution in [2.45, 2.75) is 6.10 Å². The number of amides is 1. The highest BCUT2D eigenvalue weighted by atomic mass is 35.5. The Morgan fingerprint density at radius 1 is 1.53 bits per heavy atom. The molecule has 1 aromatic carbocycles. The molecule has 1 amide bonds. The maximum absolute atomic E-state index is 11.8. The molecule has 1 saturated heterocycles. The molecule has 1 aliphatic rings. The van der Waals surface area contributed by atoms with Crippen LogP contribution in [0, 0.1) is 0 Å². The molecule has 0 radical (unpaired) electrons. The van der Waals surface area contributed by atoms with E-state index in [2.05, 4.69) is 0 Å². The van der Waals surface area contributed by atoms with Gasteiger partial charge in [-0.15, -0.1) is 0 Å². The Morgan fingerprint density at radius 3 is 2.73 bits per heavy atom. The molecule has 1 aromatic rings. The highest BCUT2D eigenvalue weighted by molar-refractivity contribution is 6.33. The molecule has 5 heteroatoms. The first-order valence-corrected chi connectivity index (χ1v) is 4.98. The van der Waals surface area contributed by atoms with Crippen molar-refractivity contribution in [1.82, 2.24) is 4.90 Å². The van der Waals surface area contributed by atoms with Crippen LogP contribution in [0.25, 0.3) is 0 Å². The van der Waals surface area contributed by atoms with Crippen molar-refractivity contribution in [2.24, 2.45) is 0 Å². The summed E-state index contributed by atoms with van der Waals surface area (Å²) in [5, 5.41) is 9.45. The van der Waals surface area contributed by atoms with Crippen molar-refractivity contribution in [3.05, 3.63) is 28.8 Å². The number of likely N-dealkylation sites (tertiary alicyclic amines) is 1. The summed E-state index contributed by atoms with van der Waals surface area (Å²) < 4.78 is 0. The van der Waals surface area contributed by atoms with E-state index in [1.807, 2.05) is 0 Å². The third kappa shape index (κ3) is 1.91. The number of nitrogen functional groups attached to an aromatic ring is 1. The number of carbonyl (C=O) groups excluding carboxylic acids is 1. The molecule has 0 bridgehead atoms. The summed E-state index contributed by atoms with van der Waals surface area (Å²) in [7, 11) is 0. The smallest absolute Gasteiger partial charge is 0.254 e. The Labute approximate surface area is 92.2 Å². The van der Waals surface area contributed by atoms with Gasteiger partial charge in [0.05, 0.1) is 16.8 Å². The molecule has 0 unspecified atom stereocenters. The summed E-state index contributed by atoms with van der Waals surface area (Å²) in [4.78, 5) is 13.3. The number of carbonyl (C=O) groups is 1. The van der Waals surface area contributed by atoms with Crippen LogP contribution in [0.3, 0.4) is 0 Å². The highest BCUT2D eigenvalue weighted by Crippen LogP contribution is 2.21. The lowest BCUT2D eigenvalue weighted by Gasteiger charge is -2.35. The van der Waals surface area contributed by atoms with Crippen LogP contribution in [0.5, 0.6) is 0 Å². The summed E-state index contributed by atoms with van der Waals surface area (Å²) in [6.45, 7) is 0.779. The summed E-state index contributed by atoms with van der Waals surface area (Å²) in [5.41, 5.74) is 6.49. The number of anilines is 1. The van der Waals surface area contributed by atoms with Crippen molar-refractivity contribution in [2.75, 3.05) is 18.8 Å². The van der Waals surface area contributed by atoms with Crippen LogP contribution in [0.2, 0.25) is 5.02 Å². The summed E-state index contributed by atoms with van der Waals surface area (Å²) in [6, 6.07) is 4.78. The average Bonchev–Trinajstić information content (AvgIpc) is 2.16.